The molecule has 1 aromatic heterocycles. The fourth-order valence-corrected chi connectivity index (χ4v) is 5.73. The number of aromatic nitrogens is 2. The summed E-state index contributed by atoms with van der Waals surface area (Å²) >= 11 is 6.01. The average molecular weight is 604 g/mol. The molecule has 0 bridgehead atoms. The molecular weight excluding hydrogens is 577 g/mol. The molecule has 14 heteroatoms. The first-order valence-electron chi connectivity index (χ1n) is 12.4. The average Bonchev–Trinajstić information content (AvgIpc) is 3.35. The molecule has 1 aliphatic heterocycles. The standard InChI is InChI=1S/C27H27ClFN5O6S/c1-26(2,3)39-25(36)31-19-13-41(37,38)21-11-18(29)17(22-32-24(40-33-22)27(4,5)14-30)10-20(21)34(23(19)35)12-15-6-8-16(28)9-7-15/h6-11,19H,12-13H2,1-5H3,(H,31,36)/t19-/m0/s1. The van der Waals surface area contributed by atoms with Crippen LogP contribution in [0.1, 0.15) is 46.1 Å². The number of anilines is 1. The minimum Gasteiger partial charge on any atom is -0.444 e. The summed E-state index contributed by atoms with van der Waals surface area (Å²) in [5.74, 6) is -2.92. The smallest absolute Gasteiger partial charge is 0.408 e. The lowest BCUT2D eigenvalue weighted by molar-refractivity contribution is -0.120. The summed E-state index contributed by atoms with van der Waals surface area (Å²) in [6.45, 7) is 7.78. The van der Waals surface area contributed by atoms with Gasteiger partial charge in [0.05, 0.1) is 34.5 Å². The number of carbonyl (C=O) groups excluding carboxylic acids is 2. The van der Waals surface area contributed by atoms with Gasteiger partial charge in [-0.1, -0.05) is 28.9 Å². The molecule has 2 heterocycles. The van der Waals surface area contributed by atoms with Gasteiger partial charge < -0.3 is 19.5 Å². The van der Waals surface area contributed by atoms with Gasteiger partial charge in [0.2, 0.25) is 11.7 Å². The summed E-state index contributed by atoms with van der Waals surface area (Å²) in [5.41, 5.74) is -1.92. The zero-order valence-electron chi connectivity index (χ0n) is 22.9. The van der Waals surface area contributed by atoms with Crippen molar-refractivity contribution in [2.75, 3.05) is 10.7 Å². The van der Waals surface area contributed by atoms with E-state index in [9.17, 15) is 23.3 Å². The number of halogens is 2. The Morgan fingerprint density at radius 3 is 2.51 bits per heavy atom. The molecule has 0 aliphatic carbocycles. The van der Waals surface area contributed by atoms with E-state index in [1.54, 1.807) is 45.0 Å². The van der Waals surface area contributed by atoms with Crippen LogP contribution in [0.2, 0.25) is 5.02 Å². The van der Waals surface area contributed by atoms with Crippen LogP contribution in [0.5, 0.6) is 0 Å². The molecule has 41 heavy (non-hydrogen) atoms. The van der Waals surface area contributed by atoms with Crippen LogP contribution < -0.4 is 10.2 Å². The molecule has 0 saturated heterocycles. The summed E-state index contributed by atoms with van der Waals surface area (Å²) in [6, 6.07) is 8.87. The van der Waals surface area contributed by atoms with Crippen molar-refractivity contribution in [3.63, 3.8) is 0 Å². The van der Waals surface area contributed by atoms with Crippen molar-refractivity contribution in [2.45, 2.75) is 63.1 Å². The molecule has 1 atom stereocenters. The third-order valence-electron chi connectivity index (χ3n) is 6.05. The molecule has 1 aliphatic rings. The number of hydrogen-bond acceptors (Lipinski definition) is 9. The Morgan fingerprint density at radius 1 is 1.24 bits per heavy atom. The van der Waals surface area contributed by atoms with Crippen molar-refractivity contribution in [1.29, 1.82) is 5.26 Å². The van der Waals surface area contributed by atoms with Crippen molar-refractivity contribution in [2.24, 2.45) is 0 Å². The van der Waals surface area contributed by atoms with Crippen LogP contribution in [-0.2, 0) is 31.3 Å². The van der Waals surface area contributed by atoms with Crippen molar-refractivity contribution in [3.05, 3.63) is 58.7 Å². The van der Waals surface area contributed by atoms with Crippen LogP contribution >= 0.6 is 11.6 Å². The number of benzene rings is 2. The number of hydrogen-bond donors (Lipinski definition) is 1. The number of alkyl carbamates (subject to hydrolysis) is 1. The first-order valence-corrected chi connectivity index (χ1v) is 14.4. The van der Waals surface area contributed by atoms with E-state index in [0.29, 0.717) is 10.6 Å². The first kappa shape index (κ1) is 30.0. The van der Waals surface area contributed by atoms with E-state index < -0.39 is 55.4 Å². The van der Waals surface area contributed by atoms with Gasteiger partial charge in [0.25, 0.3) is 5.91 Å². The van der Waals surface area contributed by atoms with Crippen molar-refractivity contribution < 1.29 is 31.7 Å². The highest BCUT2D eigenvalue weighted by Gasteiger charge is 2.40. The molecule has 11 nitrogen and oxygen atoms in total. The lowest BCUT2D eigenvalue weighted by atomic mass is 9.96. The van der Waals surface area contributed by atoms with Crippen LogP contribution in [0.25, 0.3) is 11.4 Å². The number of nitrogens with zero attached hydrogens (tertiary/aromatic N) is 4. The maximum absolute atomic E-state index is 15.5. The van der Waals surface area contributed by atoms with Gasteiger partial charge >= 0.3 is 6.09 Å². The number of fused-ring (bicyclic) bond motifs is 1. The van der Waals surface area contributed by atoms with E-state index in [-0.39, 0.29) is 29.5 Å². The molecule has 0 radical (unpaired) electrons. The van der Waals surface area contributed by atoms with E-state index >= 15 is 4.39 Å². The minimum atomic E-state index is -4.33. The fourth-order valence-electron chi connectivity index (χ4n) is 3.99. The molecule has 0 unspecified atom stereocenters. The highest BCUT2D eigenvalue weighted by Crippen LogP contribution is 2.37. The Balaban J connectivity index is 1.86. The summed E-state index contributed by atoms with van der Waals surface area (Å²) in [5, 5.41) is 16.0. The van der Waals surface area contributed by atoms with Crippen LogP contribution in [0.15, 0.2) is 45.8 Å². The number of carbonyl (C=O) groups is 2. The second-order valence-corrected chi connectivity index (χ2v) is 13.4. The SMILES string of the molecule is CC(C)(C)OC(=O)N[C@H]1CS(=O)(=O)c2cc(F)c(-c3noc(C(C)(C)C#N)n3)cc2N(Cc2ccc(Cl)cc2)C1=O. The maximum Gasteiger partial charge on any atom is 0.408 e. The van der Waals surface area contributed by atoms with Gasteiger partial charge in [0, 0.05) is 5.02 Å². The number of rotatable bonds is 5. The third kappa shape index (κ3) is 6.49. The van der Waals surface area contributed by atoms with E-state index in [4.69, 9.17) is 20.9 Å². The second kappa shape index (κ2) is 10.8. The van der Waals surface area contributed by atoms with E-state index in [2.05, 4.69) is 15.5 Å². The summed E-state index contributed by atoms with van der Waals surface area (Å²) in [6.07, 6.45) is -0.991. The van der Waals surface area contributed by atoms with E-state index in [1.807, 2.05) is 6.07 Å². The van der Waals surface area contributed by atoms with Gasteiger partial charge in [0.1, 0.15) is 22.9 Å². The highest BCUT2D eigenvalue weighted by molar-refractivity contribution is 7.91. The summed E-state index contributed by atoms with van der Waals surface area (Å²) in [4.78, 5) is 31.2. The van der Waals surface area contributed by atoms with Gasteiger partial charge in [-0.2, -0.15) is 10.2 Å². The quantitative estimate of drug-likeness (QED) is 0.442. The maximum atomic E-state index is 15.5. The van der Waals surface area contributed by atoms with Crippen molar-refractivity contribution in [1.82, 2.24) is 15.5 Å². The summed E-state index contributed by atoms with van der Waals surface area (Å²) < 4.78 is 52.8. The lowest BCUT2D eigenvalue weighted by Gasteiger charge is -2.27. The molecule has 3 aromatic rings. The number of ether oxygens (including phenoxy) is 1. The normalized spacial score (nSPS) is 16.9. The molecule has 2 aromatic carbocycles. The molecule has 4 rings (SSSR count). The molecule has 0 saturated carbocycles. The number of amides is 2. The van der Waals surface area contributed by atoms with Gasteiger partial charge in [-0.25, -0.2) is 17.6 Å². The monoisotopic (exact) mass is 603 g/mol. The molecule has 0 fully saturated rings. The van der Waals surface area contributed by atoms with Gasteiger partial charge in [-0.05, 0) is 64.4 Å². The molecule has 216 valence electrons. The number of nitrogens with one attached hydrogen (secondary N) is 1. The van der Waals surface area contributed by atoms with Gasteiger partial charge in [-0.15, -0.1) is 0 Å². The topological polar surface area (TPSA) is 155 Å². The van der Waals surface area contributed by atoms with E-state index in [1.165, 1.54) is 13.8 Å². The van der Waals surface area contributed by atoms with Crippen molar-refractivity contribution in [3.8, 4) is 17.5 Å². The van der Waals surface area contributed by atoms with E-state index in [0.717, 1.165) is 17.0 Å². The fraction of sp³-hybridized carbons (Fsp3) is 0.370. The second-order valence-electron chi connectivity index (χ2n) is 11.0. The predicted octanol–water partition coefficient (Wildman–Crippen LogP) is 4.54. The van der Waals surface area contributed by atoms with Gasteiger partial charge in [0.15, 0.2) is 9.84 Å². The van der Waals surface area contributed by atoms with Crippen LogP contribution in [0.4, 0.5) is 14.9 Å². The third-order valence-corrected chi connectivity index (χ3v) is 8.07. The minimum absolute atomic E-state index is 0.0762. The Labute approximate surface area is 241 Å². The Kier molecular flexibility index (Phi) is 7.86. The zero-order chi connectivity index (χ0) is 30.3. The highest BCUT2D eigenvalue weighted by atomic mass is 35.5. The first-order chi connectivity index (χ1) is 19.0. The molecular formula is C27H27ClFN5O6S. The molecule has 1 N–H and O–H groups in total. The van der Waals surface area contributed by atoms with Gasteiger partial charge in [-0.3, -0.25) is 4.79 Å². The number of sulfone groups is 1. The zero-order valence-corrected chi connectivity index (χ0v) is 24.4. The Bertz CT molecular complexity index is 1660. The number of nitriles is 1. The lowest BCUT2D eigenvalue weighted by Crippen LogP contribution is -2.51. The summed E-state index contributed by atoms with van der Waals surface area (Å²) in [7, 11) is -4.33. The van der Waals surface area contributed by atoms with Crippen molar-refractivity contribution >= 4 is 39.1 Å². The van der Waals surface area contributed by atoms with Crippen LogP contribution in [0.3, 0.4) is 0 Å². The Morgan fingerprint density at radius 2 is 1.90 bits per heavy atom. The largest absolute Gasteiger partial charge is 0.444 e. The molecule has 2 amide bonds. The van der Waals surface area contributed by atoms with Crippen LogP contribution in [0, 0.1) is 17.1 Å². The predicted molar refractivity (Wildman–Crippen MR) is 146 cm³/mol. The molecule has 0 spiro atoms. The van der Waals surface area contributed by atoms with Crippen LogP contribution in [-0.4, -0.2) is 48.0 Å². The Hall–Kier alpha value is -4.02.